The second-order valence-electron chi connectivity index (χ2n) is 3.99. The van der Waals surface area contributed by atoms with E-state index in [1.54, 1.807) is 6.20 Å². The Balaban J connectivity index is 2.55. The number of rotatable bonds is 5. The quantitative estimate of drug-likeness (QED) is 0.906. The molecular formula is C11H17BrClN3. The third-order valence-electron chi connectivity index (χ3n) is 2.15. The zero-order valence-corrected chi connectivity index (χ0v) is 12.1. The van der Waals surface area contributed by atoms with Gasteiger partial charge in [0.15, 0.2) is 0 Å². The standard InChI is InChI=1S/C11H17BrClN3/c1-8(2)14-4-5-16(3)11-10(12)6-9(13)7-15-11/h6-8,14H,4-5H2,1-3H3. The maximum absolute atomic E-state index is 5.84. The van der Waals surface area contributed by atoms with Crippen molar-refractivity contribution in [3.8, 4) is 0 Å². The molecule has 0 saturated carbocycles. The number of halogens is 2. The van der Waals surface area contributed by atoms with Crippen LogP contribution in [0.15, 0.2) is 16.7 Å². The van der Waals surface area contributed by atoms with E-state index < -0.39 is 0 Å². The summed E-state index contributed by atoms with van der Waals surface area (Å²) < 4.78 is 0.923. The van der Waals surface area contributed by atoms with E-state index in [0.717, 1.165) is 23.4 Å². The summed E-state index contributed by atoms with van der Waals surface area (Å²) in [6.07, 6.45) is 1.66. The van der Waals surface area contributed by atoms with E-state index in [0.29, 0.717) is 11.1 Å². The van der Waals surface area contributed by atoms with Crippen LogP contribution < -0.4 is 10.2 Å². The number of hydrogen-bond donors (Lipinski definition) is 1. The van der Waals surface area contributed by atoms with Gasteiger partial charge in [-0.15, -0.1) is 0 Å². The van der Waals surface area contributed by atoms with Crippen molar-refractivity contribution >= 4 is 33.3 Å². The predicted molar refractivity (Wildman–Crippen MR) is 73.4 cm³/mol. The maximum atomic E-state index is 5.84. The van der Waals surface area contributed by atoms with Gasteiger partial charge in [-0.1, -0.05) is 25.4 Å². The highest BCUT2D eigenvalue weighted by Crippen LogP contribution is 2.25. The van der Waals surface area contributed by atoms with Gasteiger partial charge >= 0.3 is 0 Å². The van der Waals surface area contributed by atoms with Crippen molar-refractivity contribution in [1.82, 2.24) is 10.3 Å². The van der Waals surface area contributed by atoms with Gasteiger partial charge < -0.3 is 10.2 Å². The van der Waals surface area contributed by atoms with Crippen molar-refractivity contribution in [2.45, 2.75) is 19.9 Å². The summed E-state index contributed by atoms with van der Waals surface area (Å²) in [4.78, 5) is 6.39. The molecule has 0 unspecified atom stereocenters. The SMILES string of the molecule is CC(C)NCCN(C)c1ncc(Cl)cc1Br. The van der Waals surface area contributed by atoms with E-state index in [-0.39, 0.29) is 0 Å². The van der Waals surface area contributed by atoms with Crippen LogP contribution in [0.4, 0.5) is 5.82 Å². The summed E-state index contributed by atoms with van der Waals surface area (Å²) in [6, 6.07) is 2.37. The van der Waals surface area contributed by atoms with Gasteiger partial charge in [0.1, 0.15) is 5.82 Å². The van der Waals surface area contributed by atoms with Gasteiger partial charge in [0.05, 0.1) is 9.50 Å². The number of pyridine rings is 1. The van der Waals surface area contributed by atoms with Crippen LogP contribution in [0.25, 0.3) is 0 Å². The van der Waals surface area contributed by atoms with E-state index >= 15 is 0 Å². The number of aromatic nitrogens is 1. The fourth-order valence-electron chi connectivity index (χ4n) is 1.32. The monoisotopic (exact) mass is 305 g/mol. The van der Waals surface area contributed by atoms with Gasteiger partial charge in [0.2, 0.25) is 0 Å². The molecule has 90 valence electrons. The fourth-order valence-corrected chi connectivity index (χ4v) is 2.26. The van der Waals surface area contributed by atoms with Crippen molar-refractivity contribution in [1.29, 1.82) is 0 Å². The van der Waals surface area contributed by atoms with Crippen molar-refractivity contribution in [2.24, 2.45) is 0 Å². The third kappa shape index (κ3) is 4.28. The molecule has 0 bridgehead atoms. The summed E-state index contributed by atoms with van der Waals surface area (Å²) in [5.74, 6) is 0.912. The van der Waals surface area contributed by atoms with Crippen molar-refractivity contribution in [3.05, 3.63) is 21.8 Å². The van der Waals surface area contributed by atoms with Crippen molar-refractivity contribution in [3.63, 3.8) is 0 Å². The Morgan fingerprint density at radius 1 is 1.56 bits per heavy atom. The molecule has 3 nitrogen and oxygen atoms in total. The molecule has 16 heavy (non-hydrogen) atoms. The minimum Gasteiger partial charge on any atom is -0.357 e. The molecule has 0 atom stereocenters. The lowest BCUT2D eigenvalue weighted by atomic mass is 10.4. The molecular weight excluding hydrogens is 289 g/mol. The second kappa shape index (κ2) is 6.42. The van der Waals surface area contributed by atoms with E-state index in [4.69, 9.17) is 11.6 Å². The Labute approximate surface area is 110 Å². The summed E-state index contributed by atoms with van der Waals surface area (Å²) in [5.41, 5.74) is 0. The Hall–Kier alpha value is -0.320. The van der Waals surface area contributed by atoms with Gasteiger partial charge in [-0.2, -0.15) is 0 Å². The number of anilines is 1. The molecule has 0 fully saturated rings. The Morgan fingerprint density at radius 3 is 2.81 bits per heavy atom. The minimum atomic E-state index is 0.509. The lowest BCUT2D eigenvalue weighted by molar-refractivity contribution is 0.588. The molecule has 0 amide bonds. The van der Waals surface area contributed by atoms with Crippen LogP contribution in [-0.4, -0.2) is 31.2 Å². The van der Waals surface area contributed by atoms with Crippen LogP contribution >= 0.6 is 27.5 Å². The molecule has 1 aromatic rings. The number of nitrogens with zero attached hydrogens (tertiary/aromatic N) is 2. The first-order valence-corrected chi connectivity index (χ1v) is 6.43. The summed E-state index contributed by atoms with van der Waals surface area (Å²) in [5, 5.41) is 4.01. The highest BCUT2D eigenvalue weighted by Gasteiger charge is 2.07. The average molecular weight is 307 g/mol. The Bertz CT molecular complexity index is 344. The lowest BCUT2D eigenvalue weighted by Gasteiger charge is -2.20. The largest absolute Gasteiger partial charge is 0.357 e. The molecule has 0 spiro atoms. The molecule has 1 aromatic heterocycles. The number of likely N-dealkylation sites (N-methyl/N-ethyl adjacent to an activating group) is 1. The highest BCUT2D eigenvalue weighted by atomic mass is 79.9. The van der Waals surface area contributed by atoms with E-state index in [2.05, 4.69) is 45.0 Å². The van der Waals surface area contributed by atoms with Gasteiger partial charge in [0.25, 0.3) is 0 Å². The number of nitrogens with one attached hydrogen (secondary N) is 1. The molecule has 0 aliphatic heterocycles. The minimum absolute atomic E-state index is 0.509. The fraction of sp³-hybridized carbons (Fsp3) is 0.545. The van der Waals surface area contributed by atoms with Gasteiger partial charge in [-0.25, -0.2) is 4.98 Å². The first-order valence-electron chi connectivity index (χ1n) is 5.26. The Morgan fingerprint density at radius 2 is 2.25 bits per heavy atom. The third-order valence-corrected chi connectivity index (χ3v) is 2.94. The summed E-state index contributed by atoms with van der Waals surface area (Å²) >= 11 is 9.30. The van der Waals surface area contributed by atoms with E-state index in [1.165, 1.54) is 0 Å². The van der Waals surface area contributed by atoms with E-state index in [9.17, 15) is 0 Å². The molecule has 0 radical (unpaired) electrons. The molecule has 1 N–H and O–H groups in total. The summed E-state index contributed by atoms with van der Waals surface area (Å²) in [7, 11) is 2.02. The lowest BCUT2D eigenvalue weighted by Crippen LogP contribution is -2.33. The normalized spacial score (nSPS) is 10.9. The van der Waals surface area contributed by atoms with Crippen LogP contribution in [0.2, 0.25) is 5.02 Å². The molecule has 5 heteroatoms. The molecule has 0 aliphatic carbocycles. The van der Waals surface area contributed by atoms with Crippen LogP contribution in [0, 0.1) is 0 Å². The molecule has 0 aliphatic rings. The summed E-state index contributed by atoms with van der Waals surface area (Å²) in [6.45, 7) is 6.11. The molecule has 1 heterocycles. The van der Waals surface area contributed by atoms with Crippen LogP contribution in [0.3, 0.4) is 0 Å². The van der Waals surface area contributed by atoms with E-state index in [1.807, 2.05) is 13.1 Å². The topological polar surface area (TPSA) is 28.2 Å². The Kier molecular flexibility index (Phi) is 5.52. The van der Waals surface area contributed by atoms with Crippen molar-refractivity contribution in [2.75, 3.05) is 25.0 Å². The van der Waals surface area contributed by atoms with Gasteiger partial charge in [-0.05, 0) is 22.0 Å². The maximum Gasteiger partial charge on any atom is 0.142 e. The van der Waals surface area contributed by atoms with Crippen LogP contribution in [0.5, 0.6) is 0 Å². The van der Waals surface area contributed by atoms with Crippen LogP contribution in [-0.2, 0) is 0 Å². The zero-order chi connectivity index (χ0) is 12.1. The second-order valence-corrected chi connectivity index (χ2v) is 5.28. The van der Waals surface area contributed by atoms with Crippen molar-refractivity contribution < 1.29 is 0 Å². The first-order chi connectivity index (χ1) is 7.50. The van der Waals surface area contributed by atoms with Gasteiger partial charge in [0, 0.05) is 32.4 Å². The average Bonchev–Trinajstić information content (AvgIpc) is 2.16. The predicted octanol–water partition coefficient (Wildman–Crippen LogP) is 2.93. The van der Waals surface area contributed by atoms with Crippen LogP contribution in [0.1, 0.15) is 13.8 Å². The molecule has 0 saturated heterocycles. The highest BCUT2D eigenvalue weighted by molar-refractivity contribution is 9.10. The smallest absolute Gasteiger partial charge is 0.142 e. The van der Waals surface area contributed by atoms with Gasteiger partial charge in [-0.3, -0.25) is 0 Å². The molecule has 0 aromatic carbocycles. The molecule has 1 rings (SSSR count). The zero-order valence-electron chi connectivity index (χ0n) is 9.80. The number of hydrogen-bond acceptors (Lipinski definition) is 3. The first kappa shape index (κ1) is 13.7.